The largest absolute Gasteiger partial charge is 0.346 e. The minimum absolute atomic E-state index is 0.237. The van der Waals surface area contributed by atoms with Crippen LogP contribution >= 0.6 is 8.60 Å². The molecule has 4 aromatic rings. The second kappa shape index (κ2) is 14.5. The van der Waals surface area contributed by atoms with Gasteiger partial charge in [-0.2, -0.15) is 0 Å². The van der Waals surface area contributed by atoms with Gasteiger partial charge in [-0.25, -0.2) is 0 Å². The predicted molar refractivity (Wildman–Crippen MR) is 170 cm³/mol. The smallest absolute Gasteiger partial charge is 0.334 e. The first-order chi connectivity index (χ1) is 22.6. The highest BCUT2D eigenvalue weighted by Gasteiger charge is 2.54. The summed E-state index contributed by atoms with van der Waals surface area (Å²) in [7, 11) is -1.90. The number of hydrogen-bond donors (Lipinski definition) is 1. The van der Waals surface area contributed by atoms with Crippen molar-refractivity contribution in [3.63, 3.8) is 0 Å². The first-order valence-electron chi connectivity index (χ1n) is 15.4. The molecular weight excluding hydrogens is 605 g/mol. The van der Waals surface area contributed by atoms with Gasteiger partial charge in [-0.1, -0.05) is 121 Å². The molecule has 7 rings (SSSR count). The summed E-state index contributed by atoms with van der Waals surface area (Å²) in [6, 6.07) is 38.7. The minimum Gasteiger partial charge on any atom is -0.346 e. The van der Waals surface area contributed by atoms with Crippen molar-refractivity contribution in [2.45, 2.75) is 62.7 Å². The molecule has 1 unspecified atom stereocenters. The Hall–Kier alpha value is -3.50. The monoisotopic (exact) mass is 641 g/mol. The van der Waals surface area contributed by atoms with Crippen LogP contribution in [0.2, 0.25) is 0 Å². The highest BCUT2D eigenvalue weighted by molar-refractivity contribution is 7.42. The number of carbonyl (C=O) groups excluding carboxylic acids is 1. The highest BCUT2D eigenvalue weighted by Crippen LogP contribution is 2.61. The SMILES string of the molecule is CC(=O)N[C@H]1[C@@H](OCc2ccccc2)O[C@@H]2COC(c3ccccc3)O[C@H]2[C@H]1OP1O[C@@H](c2ccccc2)[C@H](c2ccccc2)O1. The molecule has 1 amide bonds. The Morgan fingerprint density at radius 2 is 1.30 bits per heavy atom. The summed E-state index contributed by atoms with van der Waals surface area (Å²) in [5.41, 5.74) is 3.79. The molecule has 4 aromatic carbocycles. The van der Waals surface area contributed by atoms with Crippen molar-refractivity contribution in [2.24, 2.45) is 0 Å². The Labute approximate surface area is 269 Å². The lowest BCUT2D eigenvalue weighted by atomic mass is 9.95. The zero-order chi connectivity index (χ0) is 31.3. The first-order valence-corrected chi connectivity index (χ1v) is 16.5. The van der Waals surface area contributed by atoms with Crippen molar-refractivity contribution in [1.29, 1.82) is 0 Å². The predicted octanol–water partition coefficient (Wildman–Crippen LogP) is 6.69. The van der Waals surface area contributed by atoms with Crippen molar-refractivity contribution in [2.75, 3.05) is 6.61 Å². The van der Waals surface area contributed by atoms with E-state index in [9.17, 15) is 4.79 Å². The van der Waals surface area contributed by atoms with Crippen molar-refractivity contribution < 1.29 is 37.3 Å². The first kappa shape index (κ1) is 31.1. The minimum atomic E-state index is -1.90. The van der Waals surface area contributed by atoms with E-state index in [4.69, 9.17) is 32.5 Å². The van der Waals surface area contributed by atoms with Crippen LogP contribution in [0.1, 0.15) is 47.7 Å². The van der Waals surface area contributed by atoms with Crippen molar-refractivity contribution in [3.8, 4) is 0 Å². The number of fused-ring (bicyclic) bond motifs is 1. The van der Waals surface area contributed by atoms with Crippen LogP contribution in [0.15, 0.2) is 121 Å². The fraction of sp³-hybridized carbons (Fsp3) is 0.306. The third-order valence-electron chi connectivity index (χ3n) is 8.18. The number of amides is 1. The van der Waals surface area contributed by atoms with Gasteiger partial charge in [0.25, 0.3) is 0 Å². The van der Waals surface area contributed by atoms with E-state index in [0.717, 1.165) is 22.3 Å². The highest BCUT2D eigenvalue weighted by atomic mass is 31.2. The molecule has 46 heavy (non-hydrogen) atoms. The summed E-state index contributed by atoms with van der Waals surface area (Å²) in [4.78, 5) is 12.6. The molecule has 3 saturated heterocycles. The van der Waals surface area contributed by atoms with E-state index >= 15 is 0 Å². The summed E-state index contributed by atoms with van der Waals surface area (Å²) in [6.07, 6.45) is -4.23. The number of carbonyl (C=O) groups is 1. The molecule has 0 aliphatic carbocycles. The van der Waals surface area contributed by atoms with Crippen LogP contribution in [0.4, 0.5) is 0 Å². The lowest BCUT2D eigenvalue weighted by Crippen LogP contribution is -2.67. The molecule has 3 aliphatic heterocycles. The van der Waals surface area contributed by atoms with Crippen LogP contribution in [-0.2, 0) is 43.9 Å². The second-order valence-corrected chi connectivity index (χ2v) is 12.5. The van der Waals surface area contributed by atoms with Gasteiger partial charge in [-0.05, 0) is 16.7 Å². The molecule has 1 N–H and O–H groups in total. The van der Waals surface area contributed by atoms with Gasteiger partial charge in [0.2, 0.25) is 5.91 Å². The van der Waals surface area contributed by atoms with Crippen LogP contribution in [0, 0.1) is 0 Å². The third kappa shape index (κ3) is 7.08. The van der Waals surface area contributed by atoms with Crippen molar-refractivity contribution >= 4 is 14.5 Å². The van der Waals surface area contributed by atoms with Gasteiger partial charge in [-0.15, -0.1) is 0 Å². The molecule has 10 heteroatoms. The van der Waals surface area contributed by atoms with Crippen LogP contribution in [0.5, 0.6) is 0 Å². The molecule has 8 atom stereocenters. The van der Waals surface area contributed by atoms with Crippen LogP contribution in [0.3, 0.4) is 0 Å². The van der Waals surface area contributed by atoms with Crippen LogP contribution in [0.25, 0.3) is 0 Å². The topological polar surface area (TPSA) is 93.7 Å². The molecule has 3 fully saturated rings. The Morgan fingerprint density at radius 3 is 1.87 bits per heavy atom. The normalized spacial score (nSPS) is 29.6. The molecule has 0 radical (unpaired) electrons. The Bertz CT molecular complexity index is 1500. The third-order valence-corrected chi connectivity index (χ3v) is 9.39. The summed E-state index contributed by atoms with van der Waals surface area (Å²) >= 11 is 0. The lowest BCUT2D eigenvalue weighted by molar-refractivity contribution is -0.343. The van der Waals surface area contributed by atoms with Crippen LogP contribution in [-0.4, -0.2) is 43.2 Å². The van der Waals surface area contributed by atoms with E-state index in [1.54, 1.807) is 0 Å². The average Bonchev–Trinajstić information content (AvgIpc) is 3.54. The second-order valence-electron chi connectivity index (χ2n) is 11.4. The van der Waals surface area contributed by atoms with Gasteiger partial charge in [-0.3, -0.25) is 4.79 Å². The fourth-order valence-corrected chi connectivity index (χ4v) is 7.42. The summed E-state index contributed by atoms with van der Waals surface area (Å²) < 4.78 is 45.4. The molecule has 3 aliphatic rings. The van der Waals surface area contributed by atoms with E-state index in [1.165, 1.54) is 6.92 Å². The lowest BCUT2D eigenvalue weighted by Gasteiger charge is -2.49. The fourth-order valence-electron chi connectivity index (χ4n) is 5.99. The van der Waals surface area contributed by atoms with Gasteiger partial charge >= 0.3 is 8.60 Å². The van der Waals surface area contributed by atoms with E-state index in [0.29, 0.717) is 0 Å². The molecule has 0 aromatic heterocycles. The number of benzene rings is 4. The maximum atomic E-state index is 12.6. The molecule has 238 valence electrons. The summed E-state index contributed by atoms with van der Waals surface area (Å²) in [5.74, 6) is -0.258. The van der Waals surface area contributed by atoms with E-state index < -0.39 is 57.7 Å². The van der Waals surface area contributed by atoms with Crippen LogP contribution < -0.4 is 5.32 Å². The van der Waals surface area contributed by atoms with Gasteiger partial charge in [0.1, 0.15) is 36.6 Å². The van der Waals surface area contributed by atoms with Gasteiger partial charge in [0.05, 0.1) is 13.2 Å². The number of ether oxygens (including phenoxy) is 4. The van der Waals surface area contributed by atoms with E-state index in [-0.39, 0.29) is 19.1 Å². The van der Waals surface area contributed by atoms with E-state index in [2.05, 4.69) is 5.32 Å². The van der Waals surface area contributed by atoms with Gasteiger partial charge in [0, 0.05) is 12.5 Å². The zero-order valence-electron chi connectivity index (χ0n) is 25.3. The zero-order valence-corrected chi connectivity index (χ0v) is 26.2. The van der Waals surface area contributed by atoms with Gasteiger partial charge in [0.15, 0.2) is 12.6 Å². The maximum Gasteiger partial charge on any atom is 0.334 e. The molecule has 0 saturated carbocycles. The number of rotatable bonds is 9. The Morgan fingerprint density at radius 1 is 0.761 bits per heavy atom. The summed E-state index contributed by atoms with van der Waals surface area (Å²) in [5, 5.41) is 3.03. The van der Waals surface area contributed by atoms with Crippen molar-refractivity contribution in [3.05, 3.63) is 144 Å². The molecule has 9 nitrogen and oxygen atoms in total. The molecule has 3 heterocycles. The molecule has 0 bridgehead atoms. The molecule has 0 spiro atoms. The Kier molecular flexibility index (Phi) is 9.81. The molecular formula is C36H36NO8P. The van der Waals surface area contributed by atoms with Crippen molar-refractivity contribution in [1.82, 2.24) is 5.32 Å². The quantitative estimate of drug-likeness (QED) is 0.202. The maximum absolute atomic E-state index is 12.6. The summed E-state index contributed by atoms with van der Waals surface area (Å²) in [6.45, 7) is 1.97. The van der Waals surface area contributed by atoms with E-state index in [1.807, 2.05) is 121 Å². The number of hydrogen-bond acceptors (Lipinski definition) is 8. The number of nitrogens with one attached hydrogen (secondary N) is 1. The Balaban J connectivity index is 1.19. The van der Waals surface area contributed by atoms with Gasteiger partial charge < -0.3 is 37.8 Å². The standard InChI is InChI=1S/C36H36NO8P/c1-24(38)37-30-34(45-46-43-31(26-16-8-3-9-17-26)32(44-46)27-18-10-4-11-19-27)33-29(23-40-35(42-33)28-20-12-5-13-21-28)41-36(30)39-22-25-14-6-2-7-15-25/h2-21,29-36H,22-23H2,1H3,(H,37,38)/t29-,30-,31+,32+,33-,34+,35?,36+/m1/s1. The average molecular weight is 642 g/mol.